The molecule has 0 saturated heterocycles. The summed E-state index contributed by atoms with van der Waals surface area (Å²) in [4.78, 5) is 22.7. The van der Waals surface area contributed by atoms with Crippen LogP contribution < -0.4 is 5.32 Å². The number of unbranched alkanes of at least 4 members (excludes halogenated alkanes) is 2. The Morgan fingerprint density at radius 1 is 1.06 bits per heavy atom. The molecule has 0 radical (unpaired) electrons. The smallest absolute Gasteiger partial charge is 0.338 e. The lowest BCUT2D eigenvalue weighted by Gasteiger charge is -2.35. The van der Waals surface area contributed by atoms with Gasteiger partial charge in [-0.25, -0.2) is 14.3 Å². The number of rotatable bonds is 16. The molecule has 1 aromatic carbocycles. The normalized spacial score (nSPS) is 12.2. The summed E-state index contributed by atoms with van der Waals surface area (Å²) in [6, 6.07) is 6.95. The fraction of sp³-hybridized carbons (Fsp3) is 0.591. The molecule has 0 spiro atoms. The van der Waals surface area contributed by atoms with Gasteiger partial charge in [0.15, 0.2) is 0 Å². The third-order valence-corrected chi connectivity index (χ3v) is 6.62. The zero-order valence-corrected chi connectivity index (χ0v) is 20.1. The van der Waals surface area contributed by atoms with Crippen molar-refractivity contribution in [3.8, 4) is 6.07 Å². The van der Waals surface area contributed by atoms with Gasteiger partial charge in [0.05, 0.1) is 36.8 Å². The Hall–Kier alpha value is -2.24. The second kappa shape index (κ2) is 14.8. The number of benzene rings is 1. The van der Waals surface area contributed by atoms with Crippen LogP contribution in [0.1, 0.15) is 74.1 Å². The van der Waals surface area contributed by atoms with Crippen molar-refractivity contribution in [2.45, 2.75) is 65.5 Å². The van der Waals surface area contributed by atoms with E-state index in [4.69, 9.17) is 14.3 Å². The van der Waals surface area contributed by atoms with E-state index in [0.29, 0.717) is 31.9 Å². The van der Waals surface area contributed by atoms with Gasteiger partial charge in [0.2, 0.25) is 0 Å². The largest absolute Gasteiger partial charge is 0.478 e. The first-order valence-electron chi connectivity index (χ1n) is 10.7. The first-order valence-corrected chi connectivity index (χ1v) is 11.9. The summed E-state index contributed by atoms with van der Waals surface area (Å²) >= 11 is 0. The van der Waals surface area contributed by atoms with Gasteiger partial charge in [0, 0.05) is 24.3 Å². The summed E-state index contributed by atoms with van der Waals surface area (Å²) in [6.07, 6.45) is 2.73. The van der Waals surface area contributed by atoms with Crippen LogP contribution in [0.4, 0.5) is 5.69 Å². The Bertz CT molecular complexity index is 773. The van der Waals surface area contributed by atoms with Gasteiger partial charge < -0.3 is 24.6 Å². The molecule has 0 saturated carbocycles. The highest BCUT2D eigenvalue weighted by atomic mass is 31.2. The van der Waals surface area contributed by atoms with E-state index in [2.05, 4.69) is 43.8 Å². The molecule has 1 aromatic rings. The summed E-state index contributed by atoms with van der Waals surface area (Å²) in [6.45, 7) is 9.71. The lowest BCUT2D eigenvalue weighted by molar-refractivity contribution is 0.0652. The average molecular weight is 468 g/mol. The number of nitriles is 1. The molecule has 1 unspecified atom stereocenters. The molecule has 9 nitrogen and oxygen atoms in total. The summed E-state index contributed by atoms with van der Waals surface area (Å²) < 4.78 is 14.1. The molecule has 1 atom stereocenters. The maximum atomic E-state index is 11.5. The second-order valence-electron chi connectivity index (χ2n) is 7.71. The molecule has 10 heteroatoms. The van der Waals surface area contributed by atoms with Crippen LogP contribution in [0.25, 0.3) is 0 Å². The summed E-state index contributed by atoms with van der Waals surface area (Å²) in [5.41, 5.74) is -0.168. The number of carboxylic acids is 2. The summed E-state index contributed by atoms with van der Waals surface area (Å²) in [7, 11) is -1.25. The quantitative estimate of drug-likeness (QED) is 0.228. The molecule has 0 amide bonds. The maximum absolute atomic E-state index is 11.5. The molecule has 0 aliphatic heterocycles. The van der Waals surface area contributed by atoms with Gasteiger partial charge in [-0.15, -0.1) is 0 Å². The maximum Gasteiger partial charge on any atom is 0.338 e. The van der Waals surface area contributed by atoms with Gasteiger partial charge in [-0.2, -0.15) is 5.26 Å². The third kappa shape index (κ3) is 9.09. The van der Waals surface area contributed by atoms with Gasteiger partial charge in [0.1, 0.15) is 0 Å². The lowest BCUT2D eigenvalue weighted by Crippen LogP contribution is -2.33. The SMILES string of the molecule is CC(C)N(C(C)C)P(OCCC#N)OCCCCCNc1cccc(C(=O)O)c1C(=O)O. The summed E-state index contributed by atoms with van der Waals surface area (Å²) in [5, 5.41) is 30.4. The van der Waals surface area contributed by atoms with Gasteiger partial charge in [-0.3, -0.25) is 0 Å². The van der Waals surface area contributed by atoms with E-state index in [1.54, 1.807) is 6.07 Å². The zero-order chi connectivity index (χ0) is 24.1. The van der Waals surface area contributed by atoms with E-state index in [1.165, 1.54) is 12.1 Å². The predicted octanol–water partition coefficient (Wildman–Crippen LogP) is 4.96. The molecule has 178 valence electrons. The van der Waals surface area contributed by atoms with E-state index in [-0.39, 0.29) is 23.2 Å². The second-order valence-corrected chi connectivity index (χ2v) is 9.16. The van der Waals surface area contributed by atoms with Crippen molar-refractivity contribution in [1.82, 2.24) is 4.67 Å². The van der Waals surface area contributed by atoms with Crippen molar-refractivity contribution in [1.29, 1.82) is 5.26 Å². The number of carboxylic acid groups (broad SMARTS) is 2. The van der Waals surface area contributed by atoms with Crippen LogP contribution in [0.15, 0.2) is 18.2 Å². The fourth-order valence-electron chi connectivity index (χ4n) is 3.19. The number of anilines is 1. The van der Waals surface area contributed by atoms with Gasteiger partial charge in [0.25, 0.3) is 8.53 Å². The first kappa shape index (κ1) is 27.8. The standard InChI is InChI=1S/C22H34N3O6P/c1-16(2)25(17(3)4)32(31-15-9-12-23)30-14-7-5-6-13-24-19-11-8-10-18(21(26)27)20(19)22(28)29/h8,10-11,16-17,24H,5-7,9,13-15H2,1-4H3,(H,26,27)(H,28,29). The number of nitrogens with zero attached hydrogens (tertiary/aromatic N) is 2. The Labute approximate surface area is 191 Å². The van der Waals surface area contributed by atoms with Crippen LogP contribution in [0.2, 0.25) is 0 Å². The van der Waals surface area contributed by atoms with Crippen molar-refractivity contribution in [3.63, 3.8) is 0 Å². The van der Waals surface area contributed by atoms with Crippen molar-refractivity contribution in [3.05, 3.63) is 29.3 Å². The minimum Gasteiger partial charge on any atom is -0.478 e. The fourth-order valence-corrected chi connectivity index (χ4v) is 4.82. The molecule has 0 bridgehead atoms. The minimum absolute atomic E-state index is 0.231. The zero-order valence-electron chi connectivity index (χ0n) is 19.2. The van der Waals surface area contributed by atoms with Crippen LogP contribution in [0, 0.1) is 11.3 Å². The molecule has 32 heavy (non-hydrogen) atoms. The molecule has 0 fully saturated rings. The molecule has 0 heterocycles. The molecule has 0 aliphatic carbocycles. The number of hydrogen-bond donors (Lipinski definition) is 3. The highest BCUT2D eigenvalue weighted by Gasteiger charge is 2.27. The molecule has 3 N–H and O–H groups in total. The highest BCUT2D eigenvalue weighted by Crippen LogP contribution is 2.46. The van der Waals surface area contributed by atoms with E-state index in [0.717, 1.165) is 19.3 Å². The van der Waals surface area contributed by atoms with E-state index < -0.39 is 20.5 Å². The Morgan fingerprint density at radius 2 is 1.72 bits per heavy atom. The topological polar surface area (TPSA) is 132 Å². The van der Waals surface area contributed by atoms with Gasteiger partial charge in [-0.05, 0) is 59.1 Å². The lowest BCUT2D eigenvalue weighted by atomic mass is 10.1. The van der Waals surface area contributed by atoms with E-state index >= 15 is 0 Å². The van der Waals surface area contributed by atoms with Crippen LogP contribution >= 0.6 is 8.53 Å². The molecular weight excluding hydrogens is 433 g/mol. The van der Waals surface area contributed by atoms with Crippen molar-refractivity contribution in [2.75, 3.05) is 25.1 Å². The average Bonchev–Trinajstić information content (AvgIpc) is 2.71. The van der Waals surface area contributed by atoms with Crippen LogP contribution in [0.5, 0.6) is 0 Å². The Balaban J connectivity index is 2.51. The molecule has 0 aromatic heterocycles. The number of carbonyl (C=O) groups is 2. The number of aromatic carboxylic acids is 2. The minimum atomic E-state index is -1.27. The first-order chi connectivity index (χ1) is 15.2. The number of hydrogen-bond acceptors (Lipinski definition) is 7. The van der Waals surface area contributed by atoms with Crippen molar-refractivity contribution in [2.24, 2.45) is 0 Å². The summed E-state index contributed by atoms with van der Waals surface area (Å²) in [5.74, 6) is -2.54. The van der Waals surface area contributed by atoms with Crippen molar-refractivity contribution >= 4 is 26.2 Å². The number of nitrogens with one attached hydrogen (secondary N) is 1. The molecule has 0 aliphatic rings. The predicted molar refractivity (Wildman–Crippen MR) is 124 cm³/mol. The highest BCUT2D eigenvalue weighted by molar-refractivity contribution is 7.44. The van der Waals surface area contributed by atoms with E-state index in [1.807, 2.05) is 0 Å². The van der Waals surface area contributed by atoms with Crippen LogP contribution in [0.3, 0.4) is 0 Å². The molecule has 1 rings (SSSR count). The van der Waals surface area contributed by atoms with Gasteiger partial charge in [-0.1, -0.05) is 6.07 Å². The van der Waals surface area contributed by atoms with Crippen LogP contribution in [-0.4, -0.2) is 58.7 Å². The molecular formula is C22H34N3O6P. The van der Waals surface area contributed by atoms with E-state index in [9.17, 15) is 19.8 Å². The Kier molecular flexibility index (Phi) is 12.8. The monoisotopic (exact) mass is 467 g/mol. The van der Waals surface area contributed by atoms with Crippen LogP contribution in [-0.2, 0) is 9.05 Å². The Morgan fingerprint density at radius 3 is 2.28 bits per heavy atom. The van der Waals surface area contributed by atoms with Gasteiger partial charge >= 0.3 is 11.9 Å². The van der Waals surface area contributed by atoms with Crippen molar-refractivity contribution < 1.29 is 28.8 Å². The third-order valence-electron chi connectivity index (χ3n) is 4.51.